The summed E-state index contributed by atoms with van der Waals surface area (Å²) in [5.74, 6) is 0. The highest BCUT2D eigenvalue weighted by Gasteiger charge is 2.13. The van der Waals surface area contributed by atoms with Gasteiger partial charge in [-0.2, -0.15) is 0 Å². The third kappa shape index (κ3) is 1.43. The van der Waals surface area contributed by atoms with E-state index in [1.54, 1.807) is 0 Å². The molecule has 62 valence electrons. The Labute approximate surface area is 83.4 Å². The molecule has 1 unspecified atom stereocenters. The minimum Gasteiger partial charge on any atom is -0.258 e. The summed E-state index contributed by atoms with van der Waals surface area (Å²) >= 11 is 2.37. The van der Waals surface area contributed by atoms with Crippen LogP contribution in [0.3, 0.4) is 0 Å². The Morgan fingerprint density at radius 3 is 3.25 bits per heavy atom. The molecular formula is C8H8IN3. The van der Waals surface area contributed by atoms with Crippen molar-refractivity contribution in [3.8, 4) is 0 Å². The summed E-state index contributed by atoms with van der Waals surface area (Å²) in [5.41, 5.74) is 0. The van der Waals surface area contributed by atoms with Crippen LogP contribution in [0.15, 0.2) is 12.2 Å². The molecule has 1 atom stereocenters. The summed E-state index contributed by atoms with van der Waals surface area (Å²) in [4.78, 5) is 0. The van der Waals surface area contributed by atoms with Crippen LogP contribution >= 0.6 is 22.6 Å². The van der Waals surface area contributed by atoms with E-state index in [9.17, 15) is 0 Å². The fraction of sp³-hybridized carbons (Fsp3) is 0.250. The van der Waals surface area contributed by atoms with Crippen molar-refractivity contribution in [3.05, 3.63) is 22.9 Å². The van der Waals surface area contributed by atoms with Crippen LogP contribution in [0.4, 0.5) is 0 Å². The van der Waals surface area contributed by atoms with Crippen LogP contribution in [0.5, 0.6) is 0 Å². The van der Waals surface area contributed by atoms with Gasteiger partial charge < -0.3 is 0 Å². The second-order valence-corrected chi connectivity index (χ2v) is 5.26. The van der Waals surface area contributed by atoms with E-state index in [0.717, 1.165) is 10.7 Å². The van der Waals surface area contributed by atoms with Crippen LogP contribution in [0, 0.1) is 0 Å². The number of nitrogens with zero attached hydrogens (tertiary/aromatic N) is 2. The average molecular weight is 273 g/mol. The predicted octanol–water partition coefficient (Wildman–Crippen LogP) is 0.129. The van der Waals surface area contributed by atoms with Crippen molar-refractivity contribution in [1.29, 1.82) is 0 Å². The first-order valence-corrected chi connectivity index (χ1v) is 4.74. The quantitative estimate of drug-likeness (QED) is 0.539. The van der Waals surface area contributed by atoms with E-state index in [0.29, 0.717) is 0 Å². The molecule has 0 bridgehead atoms. The molecule has 0 saturated heterocycles. The lowest BCUT2D eigenvalue weighted by Crippen LogP contribution is -2.26. The molecule has 0 saturated carbocycles. The fourth-order valence-corrected chi connectivity index (χ4v) is 1.62. The Hall–Kier alpha value is -0.650. The number of aromatic amines is 1. The molecule has 0 spiro atoms. The van der Waals surface area contributed by atoms with E-state index >= 15 is 0 Å². The molecule has 0 amide bonds. The van der Waals surface area contributed by atoms with Crippen molar-refractivity contribution < 1.29 is 0 Å². The molecule has 2 rings (SSSR count). The van der Waals surface area contributed by atoms with E-state index in [1.165, 1.54) is 0 Å². The number of allylic oxidation sites excluding steroid dienone is 2. The minimum atomic E-state index is 0.0381. The first kappa shape index (κ1) is 7.97. The monoisotopic (exact) mass is 273 g/mol. The molecule has 1 N–H and O–H groups in total. The number of halogens is 1. The second kappa shape index (κ2) is 2.69. The average Bonchev–Trinajstić information content (AvgIpc) is 2.31. The molecule has 12 heavy (non-hydrogen) atoms. The summed E-state index contributed by atoms with van der Waals surface area (Å²) in [6.07, 6.45) is 8.22. The van der Waals surface area contributed by atoms with Crippen molar-refractivity contribution in [1.82, 2.24) is 15.4 Å². The van der Waals surface area contributed by atoms with Gasteiger partial charge in [0, 0.05) is 0 Å². The van der Waals surface area contributed by atoms with Gasteiger partial charge in [-0.3, -0.25) is 5.10 Å². The maximum Gasteiger partial charge on any atom is 0.110 e. The van der Waals surface area contributed by atoms with Crippen molar-refractivity contribution in [2.24, 2.45) is 0 Å². The topological polar surface area (TPSA) is 41.6 Å². The van der Waals surface area contributed by atoms with Crippen LogP contribution < -0.4 is 10.7 Å². The molecule has 1 aromatic heterocycles. The third-order valence-corrected chi connectivity index (χ3v) is 2.38. The number of nitrogens with one attached hydrogen (secondary N) is 1. The number of rotatable bonds is 0. The summed E-state index contributed by atoms with van der Waals surface area (Å²) in [7, 11) is 0. The first-order valence-electron chi connectivity index (χ1n) is 3.66. The Bertz CT molecular complexity index is 427. The van der Waals surface area contributed by atoms with Crippen LogP contribution in [0.1, 0.15) is 6.92 Å². The summed E-state index contributed by atoms with van der Waals surface area (Å²) in [5, 5.41) is 12.5. The molecule has 0 radical (unpaired) electrons. The highest BCUT2D eigenvalue weighted by atomic mass is 127. The maximum absolute atomic E-state index is 3.98. The number of alkyl halides is 1. The molecular weight excluding hydrogens is 265 g/mol. The highest BCUT2D eigenvalue weighted by molar-refractivity contribution is 14.1. The molecule has 0 aromatic carbocycles. The van der Waals surface area contributed by atoms with E-state index < -0.39 is 0 Å². The van der Waals surface area contributed by atoms with Gasteiger partial charge in [0.15, 0.2) is 0 Å². The largest absolute Gasteiger partial charge is 0.258 e. The zero-order valence-electron chi connectivity index (χ0n) is 6.58. The van der Waals surface area contributed by atoms with Gasteiger partial charge in [-0.25, -0.2) is 0 Å². The lowest BCUT2D eigenvalue weighted by Gasteiger charge is -2.09. The predicted molar refractivity (Wildman–Crippen MR) is 56.1 cm³/mol. The normalized spacial score (nSPS) is 26.8. The van der Waals surface area contributed by atoms with Crippen molar-refractivity contribution >= 4 is 34.7 Å². The molecule has 4 heteroatoms. The van der Waals surface area contributed by atoms with Crippen molar-refractivity contribution in [3.63, 3.8) is 0 Å². The lowest BCUT2D eigenvalue weighted by molar-refractivity contribution is 0.923. The van der Waals surface area contributed by atoms with E-state index in [4.69, 9.17) is 0 Å². The van der Waals surface area contributed by atoms with Crippen LogP contribution in [0.25, 0.3) is 12.2 Å². The lowest BCUT2D eigenvalue weighted by atomic mass is 10.1. The molecule has 1 aliphatic carbocycles. The molecule has 3 nitrogen and oxygen atoms in total. The Morgan fingerprint density at radius 2 is 2.42 bits per heavy atom. The van der Waals surface area contributed by atoms with Gasteiger partial charge in [0.05, 0.1) is 8.77 Å². The Morgan fingerprint density at radius 1 is 1.58 bits per heavy atom. The smallest absolute Gasteiger partial charge is 0.110 e. The summed E-state index contributed by atoms with van der Waals surface area (Å²) < 4.78 is 0.0381. The highest BCUT2D eigenvalue weighted by Crippen LogP contribution is 2.21. The molecule has 1 aliphatic rings. The molecule has 0 aliphatic heterocycles. The third-order valence-electron chi connectivity index (χ3n) is 1.71. The standard InChI is InChI=1S/C8H8IN3/c1-8(9)4-2-3-6-7(5-8)11-12-10-6/h2-5H,1H3,(H,10,11). The second-order valence-electron chi connectivity index (χ2n) is 2.93. The number of H-pyrrole nitrogens is 1. The van der Waals surface area contributed by atoms with E-state index in [2.05, 4.69) is 57.1 Å². The Balaban J connectivity index is 2.75. The number of hydrogen-bond donors (Lipinski definition) is 1. The van der Waals surface area contributed by atoms with Crippen LogP contribution in [0.2, 0.25) is 0 Å². The summed E-state index contributed by atoms with van der Waals surface area (Å²) in [6.45, 7) is 2.13. The van der Waals surface area contributed by atoms with Gasteiger partial charge in [0.25, 0.3) is 0 Å². The first-order chi connectivity index (χ1) is 5.67. The minimum absolute atomic E-state index is 0.0381. The van der Waals surface area contributed by atoms with Crippen molar-refractivity contribution in [2.75, 3.05) is 0 Å². The molecule has 1 aromatic rings. The summed E-state index contributed by atoms with van der Waals surface area (Å²) in [6, 6.07) is 0. The van der Waals surface area contributed by atoms with Gasteiger partial charge in [0.1, 0.15) is 5.35 Å². The Kier molecular flexibility index (Phi) is 1.79. The zero-order valence-corrected chi connectivity index (χ0v) is 8.74. The molecule has 0 fully saturated rings. The van der Waals surface area contributed by atoms with Gasteiger partial charge in [0.2, 0.25) is 0 Å². The van der Waals surface area contributed by atoms with E-state index in [-0.39, 0.29) is 3.42 Å². The van der Waals surface area contributed by atoms with Crippen LogP contribution in [-0.4, -0.2) is 18.8 Å². The fourth-order valence-electron chi connectivity index (χ4n) is 1.12. The number of aromatic nitrogens is 3. The van der Waals surface area contributed by atoms with Gasteiger partial charge in [-0.15, -0.1) is 5.10 Å². The van der Waals surface area contributed by atoms with Gasteiger partial charge >= 0.3 is 0 Å². The van der Waals surface area contributed by atoms with Crippen LogP contribution in [-0.2, 0) is 0 Å². The van der Waals surface area contributed by atoms with Crippen molar-refractivity contribution in [2.45, 2.75) is 10.3 Å². The maximum atomic E-state index is 3.98. The van der Waals surface area contributed by atoms with Gasteiger partial charge in [-0.05, 0) is 19.1 Å². The van der Waals surface area contributed by atoms with Gasteiger partial charge in [-0.1, -0.05) is 40.0 Å². The zero-order chi connectivity index (χ0) is 8.60. The number of hydrogen-bond acceptors (Lipinski definition) is 2. The van der Waals surface area contributed by atoms with E-state index in [1.807, 2.05) is 12.2 Å². The number of fused-ring (bicyclic) bond motifs is 1. The SMILES string of the molecule is CC1(I)C=CC=c2[nH]nnc2=C1. The molecule has 1 heterocycles.